The number of halogens is 6. The Morgan fingerprint density at radius 2 is 1.51 bits per heavy atom. The lowest BCUT2D eigenvalue weighted by atomic mass is 9.97. The minimum absolute atomic E-state index is 0.0279. The van der Waals surface area contributed by atoms with Gasteiger partial charge in [-0.05, 0) is 61.7 Å². The number of hydrogen-bond acceptors (Lipinski definition) is 4. The minimum Gasteiger partial charge on any atom is -0.496 e. The smallest absolute Gasteiger partial charge is 0.416 e. The maximum absolute atomic E-state index is 13.0. The summed E-state index contributed by atoms with van der Waals surface area (Å²) in [6.07, 6.45) is -9.99. The van der Waals surface area contributed by atoms with Gasteiger partial charge in [-0.1, -0.05) is 0 Å². The summed E-state index contributed by atoms with van der Waals surface area (Å²) >= 11 is 0. The SMILES string of the molecule is COc1ccc(S(=O)(=O)N2CCC(C(=O)Nc3cc(C(F)(F)F)cc(C(F)(F)F)c3)CC2)cc1C. The molecule has 3 rings (SSSR count). The van der Waals surface area contributed by atoms with Crippen molar-refractivity contribution in [2.45, 2.75) is 37.0 Å². The average molecular weight is 524 g/mol. The zero-order valence-corrected chi connectivity index (χ0v) is 19.4. The number of ether oxygens (including phenoxy) is 1. The molecule has 0 unspecified atom stereocenters. The van der Waals surface area contributed by atoms with Gasteiger partial charge in [-0.15, -0.1) is 0 Å². The van der Waals surface area contributed by atoms with Crippen LogP contribution in [-0.2, 0) is 27.2 Å². The minimum atomic E-state index is -5.04. The Kier molecular flexibility index (Phi) is 7.42. The lowest BCUT2D eigenvalue weighted by molar-refractivity contribution is -0.143. The highest BCUT2D eigenvalue weighted by molar-refractivity contribution is 7.89. The Morgan fingerprint density at radius 1 is 0.971 bits per heavy atom. The maximum atomic E-state index is 13.0. The summed E-state index contributed by atoms with van der Waals surface area (Å²) < 4.78 is 110. The number of carbonyl (C=O) groups excluding carboxylic acids is 1. The van der Waals surface area contributed by atoms with Crippen molar-refractivity contribution >= 4 is 21.6 Å². The van der Waals surface area contributed by atoms with Gasteiger partial charge in [0.2, 0.25) is 15.9 Å². The van der Waals surface area contributed by atoms with E-state index in [0.717, 1.165) is 0 Å². The lowest BCUT2D eigenvalue weighted by Gasteiger charge is -2.30. The molecule has 0 spiro atoms. The number of nitrogens with one attached hydrogen (secondary N) is 1. The van der Waals surface area contributed by atoms with Gasteiger partial charge in [-0.3, -0.25) is 4.79 Å². The van der Waals surface area contributed by atoms with E-state index < -0.39 is 51.0 Å². The van der Waals surface area contributed by atoms with Crippen LogP contribution in [0.5, 0.6) is 5.75 Å². The van der Waals surface area contributed by atoms with E-state index in [1.807, 2.05) is 0 Å². The van der Waals surface area contributed by atoms with Crippen molar-refractivity contribution in [3.8, 4) is 5.75 Å². The Hall–Kier alpha value is -2.80. The normalized spacial score (nSPS) is 16.2. The predicted octanol–water partition coefficient (Wildman–Crippen LogP) is 5.08. The molecule has 6 nitrogen and oxygen atoms in total. The van der Waals surface area contributed by atoms with E-state index in [9.17, 15) is 39.6 Å². The molecular formula is C22H22F6N2O4S. The largest absolute Gasteiger partial charge is 0.496 e. The first-order valence-corrected chi connectivity index (χ1v) is 11.8. The van der Waals surface area contributed by atoms with Crippen LogP contribution in [-0.4, -0.2) is 38.8 Å². The molecule has 0 radical (unpaired) electrons. The van der Waals surface area contributed by atoms with Crippen molar-refractivity contribution in [2.24, 2.45) is 5.92 Å². The zero-order chi connectivity index (χ0) is 26.2. The number of anilines is 1. The monoisotopic (exact) mass is 524 g/mol. The second-order valence-corrected chi connectivity index (χ2v) is 10.0. The molecule has 2 aromatic carbocycles. The number of nitrogens with zero attached hydrogens (tertiary/aromatic N) is 1. The van der Waals surface area contributed by atoms with Gasteiger partial charge in [0.15, 0.2) is 0 Å². The molecule has 0 aromatic heterocycles. The first kappa shape index (κ1) is 26.8. The highest BCUT2D eigenvalue weighted by Gasteiger charge is 2.38. The van der Waals surface area contributed by atoms with Gasteiger partial charge in [-0.25, -0.2) is 8.42 Å². The van der Waals surface area contributed by atoms with Crippen molar-refractivity contribution < 1.29 is 44.3 Å². The third-order valence-electron chi connectivity index (χ3n) is 5.68. The predicted molar refractivity (Wildman–Crippen MR) is 114 cm³/mol. The topological polar surface area (TPSA) is 75.7 Å². The second-order valence-electron chi connectivity index (χ2n) is 8.09. The summed E-state index contributed by atoms with van der Waals surface area (Å²) in [7, 11) is -2.41. The van der Waals surface area contributed by atoms with Gasteiger partial charge >= 0.3 is 12.4 Å². The highest BCUT2D eigenvalue weighted by Crippen LogP contribution is 2.38. The van der Waals surface area contributed by atoms with E-state index >= 15 is 0 Å². The van der Waals surface area contributed by atoms with E-state index in [-0.39, 0.29) is 36.9 Å². The van der Waals surface area contributed by atoms with Crippen LogP contribution in [0.3, 0.4) is 0 Å². The van der Waals surface area contributed by atoms with Crippen LogP contribution < -0.4 is 10.1 Å². The van der Waals surface area contributed by atoms with Crippen molar-refractivity contribution in [1.82, 2.24) is 4.31 Å². The summed E-state index contributed by atoms with van der Waals surface area (Å²) in [5.74, 6) is -1.06. The lowest BCUT2D eigenvalue weighted by Crippen LogP contribution is -2.41. The van der Waals surface area contributed by atoms with Gasteiger partial charge in [-0.2, -0.15) is 30.6 Å². The molecule has 1 amide bonds. The Balaban J connectivity index is 1.71. The molecule has 0 bridgehead atoms. The van der Waals surface area contributed by atoms with Crippen LogP contribution in [0.15, 0.2) is 41.3 Å². The van der Waals surface area contributed by atoms with Crippen molar-refractivity contribution in [3.63, 3.8) is 0 Å². The Morgan fingerprint density at radius 3 is 1.97 bits per heavy atom. The quantitative estimate of drug-likeness (QED) is 0.554. The van der Waals surface area contributed by atoms with Crippen LogP contribution in [0.25, 0.3) is 0 Å². The fourth-order valence-corrected chi connectivity index (χ4v) is 5.35. The molecule has 192 valence electrons. The number of hydrogen-bond donors (Lipinski definition) is 1. The van der Waals surface area contributed by atoms with Crippen molar-refractivity contribution in [3.05, 3.63) is 53.1 Å². The first-order chi connectivity index (χ1) is 16.1. The van der Waals surface area contributed by atoms with Crippen molar-refractivity contribution in [1.29, 1.82) is 0 Å². The third kappa shape index (κ3) is 6.07. The summed E-state index contributed by atoms with van der Waals surface area (Å²) in [5.41, 5.74) is -3.11. The summed E-state index contributed by atoms with van der Waals surface area (Å²) in [4.78, 5) is 12.6. The molecular weight excluding hydrogens is 502 g/mol. The zero-order valence-electron chi connectivity index (χ0n) is 18.6. The third-order valence-corrected chi connectivity index (χ3v) is 7.58. The number of piperidine rings is 1. The number of rotatable bonds is 5. The van der Waals surface area contributed by atoms with Crippen LogP contribution in [0.2, 0.25) is 0 Å². The van der Waals surface area contributed by atoms with Crippen LogP contribution in [0, 0.1) is 12.8 Å². The van der Waals surface area contributed by atoms with E-state index in [1.54, 1.807) is 6.92 Å². The molecule has 0 aliphatic carbocycles. The molecule has 1 N–H and O–H groups in total. The molecule has 0 atom stereocenters. The Labute approximate surface area is 197 Å². The number of alkyl halides is 6. The summed E-state index contributed by atoms with van der Waals surface area (Å²) in [6.45, 7) is 1.61. The molecule has 1 fully saturated rings. The molecule has 35 heavy (non-hydrogen) atoms. The molecule has 0 saturated carbocycles. The van der Waals surface area contributed by atoms with E-state index in [1.165, 1.54) is 29.6 Å². The molecule has 2 aromatic rings. The van der Waals surface area contributed by atoms with Gasteiger partial charge in [0, 0.05) is 24.7 Å². The maximum Gasteiger partial charge on any atom is 0.416 e. The first-order valence-electron chi connectivity index (χ1n) is 10.4. The molecule has 1 aliphatic heterocycles. The molecule has 1 heterocycles. The number of carbonyl (C=O) groups is 1. The molecule has 1 saturated heterocycles. The fraction of sp³-hybridized carbons (Fsp3) is 0.409. The second kappa shape index (κ2) is 9.69. The number of sulfonamides is 1. The van der Waals surface area contributed by atoms with Gasteiger partial charge in [0.1, 0.15) is 5.75 Å². The van der Waals surface area contributed by atoms with Crippen LogP contribution >= 0.6 is 0 Å². The number of benzene rings is 2. The molecule has 13 heteroatoms. The fourth-order valence-electron chi connectivity index (χ4n) is 3.79. The van der Waals surface area contributed by atoms with Crippen molar-refractivity contribution in [2.75, 3.05) is 25.5 Å². The van der Waals surface area contributed by atoms with E-state index in [4.69, 9.17) is 4.74 Å². The molecule has 1 aliphatic rings. The van der Waals surface area contributed by atoms with E-state index in [2.05, 4.69) is 5.32 Å². The summed E-state index contributed by atoms with van der Waals surface area (Å²) in [5, 5.41) is 2.12. The van der Waals surface area contributed by atoms with Crippen LogP contribution in [0.1, 0.15) is 29.5 Å². The van der Waals surface area contributed by atoms with Gasteiger partial charge < -0.3 is 10.1 Å². The standard InChI is InChI=1S/C22H22F6N2O4S/c1-13-9-18(3-4-19(13)34-2)35(32,33)30-7-5-14(6-8-30)20(31)29-17-11-15(21(23,24)25)10-16(12-17)22(26,27)28/h3-4,9-12,14H,5-8H2,1-2H3,(H,29,31). The van der Waals surface area contributed by atoms with Gasteiger partial charge in [0.25, 0.3) is 0 Å². The Bertz CT molecular complexity index is 1170. The number of aryl methyl sites for hydroxylation is 1. The van der Waals surface area contributed by atoms with Gasteiger partial charge in [0.05, 0.1) is 23.1 Å². The number of methoxy groups -OCH3 is 1. The van der Waals surface area contributed by atoms with E-state index in [0.29, 0.717) is 23.4 Å². The average Bonchev–Trinajstić information content (AvgIpc) is 2.77. The van der Waals surface area contributed by atoms with Crippen LogP contribution in [0.4, 0.5) is 32.0 Å². The number of amides is 1. The highest BCUT2D eigenvalue weighted by atomic mass is 32.2. The summed E-state index contributed by atoms with van der Waals surface area (Å²) in [6, 6.07) is 5.20.